The minimum Gasteiger partial charge on any atom is -0.507 e. The number of nitrogens with zero attached hydrogens (tertiary/aromatic N) is 1. The normalized spacial score (nSPS) is 13.0. The van der Waals surface area contributed by atoms with E-state index < -0.39 is 0 Å². The lowest BCUT2D eigenvalue weighted by molar-refractivity contribution is 0.197. The van der Waals surface area contributed by atoms with Crippen molar-refractivity contribution in [3.8, 4) is 5.75 Å². The number of aliphatic imine (C=N–C) groups is 1. The molecule has 0 unspecified atom stereocenters. The van der Waals surface area contributed by atoms with E-state index in [0.29, 0.717) is 18.9 Å². The predicted octanol–water partition coefficient (Wildman–Crippen LogP) is 4.44. The van der Waals surface area contributed by atoms with Crippen molar-refractivity contribution in [2.75, 3.05) is 20.3 Å². The van der Waals surface area contributed by atoms with Crippen LogP contribution in [-0.2, 0) is 15.6 Å². The monoisotopic (exact) mass is 305 g/mol. The molecule has 124 valence electrons. The maximum absolute atomic E-state index is 10.6. The molecule has 0 saturated heterocycles. The van der Waals surface area contributed by atoms with Crippen LogP contribution in [0.25, 0.3) is 0 Å². The Morgan fingerprint density at radius 2 is 1.73 bits per heavy atom. The summed E-state index contributed by atoms with van der Waals surface area (Å²) in [5, 5.41) is 10.6. The second kappa shape index (κ2) is 7.28. The zero-order valence-corrected chi connectivity index (χ0v) is 15.2. The van der Waals surface area contributed by atoms with Gasteiger partial charge < -0.3 is 9.84 Å². The smallest absolute Gasteiger partial charge is 0.128 e. The molecule has 0 amide bonds. The molecule has 1 N–H and O–H groups in total. The van der Waals surface area contributed by atoms with Gasteiger partial charge in [-0.05, 0) is 28.9 Å². The molecule has 0 aliphatic carbocycles. The summed E-state index contributed by atoms with van der Waals surface area (Å²) in [5.74, 6) is 0.344. The topological polar surface area (TPSA) is 41.8 Å². The number of methoxy groups -OCH3 is 1. The summed E-state index contributed by atoms with van der Waals surface area (Å²) in [5.41, 5.74) is 2.91. The van der Waals surface area contributed by atoms with Crippen molar-refractivity contribution in [3.63, 3.8) is 0 Å². The molecule has 0 spiro atoms. The van der Waals surface area contributed by atoms with E-state index >= 15 is 0 Å². The number of phenols is 1. The van der Waals surface area contributed by atoms with Gasteiger partial charge in [-0.2, -0.15) is 0 Å². The highest BCUT2D eigenvalue weighted by Crippen LogP contribution is 2.37. The summed E-state index contributed by atoms with van der Waals surface area (Å²) in [6, 6.07) is 4.17. The van der Waals surface area contributed by atoms with E-state index in [0.717, 1.165) is 17.5 Å². The number of rotatable bonds is 5. The van der Waals surface area contributed by atoms with Gasteiger partial charge in [0.15, 0.2) is 0 Å². The molecule has 3 heteroatoms. The first kappa shape index (κ1) is 18.7. The Bertz CT molecular complexity index is 519. The van der Waals surface area contributed by atoms with E-state index in [2.05, 4.69) is 52.6 Å². The van der Waals surface area contributed by atoms with Crippen molar-refractivity contribution in [1.82, 2.24) is 0 Å². The second-order valence-electron chi connectivity index (χ2n) is 7.84. The van der Waals surface area contributed by atoms with Crippen molar-refractivity contribution in [1.29, 1.82) is 0 Å². The zero-order chi connectivity index (χ0) is 17.0. The number of ether oxygens (including phenoxy) is 1. The number of aromatic hydroxyl groups is 1. The van der Waals surface area contributed by atoms with Crippen molar-refractivity contribution < 1.29 is 9.84 Å². The number of phenolic OH excluding ortho intramolecular Hbond substituents is 1. The molecule has 22 heavy (non-hydrogen) atoms. The first-order valence-electron chi connectivity index (χ1n) is 7.94. The molecule has 0 radical (unpaired) electrons. The Morgan fingerprint density at radius 1 is 1.09 bits per heavy atom. The Labute approximate surface area is 135 Å². The van der Waals surface area contributed by atoms with Crippen LogP contribution in [0, 0.1) is 0 Å². The Hall–Kier alpha value is -1.35. The van der Waals surface area contributed by atoms with Gasteiger partial charge in [-0.25, -0.2) is 0 Å². The molecule has 0 saturated carbocycles. The molecule has 0 atom stereocenters. The number of hydrogen-bond acceptors (Lipinski definition) is 3. The van der Waals surface area contributed by atoms with Gasteiger partial charge in [0.2, 0.25) is 0 Å². The summed E-state index contributed by atoms with van der Waals surface area (Å²) in [6.45, 7) is 14.3. The predicted molar refractivity (Wildman–Crippen MR) is 94.5 cm³/mol. The van der Waals surface area contributed by atoms with Crippen LogP contribution >= 0.6 is 0 Å². The van der Waals surface area contributed by atoms with Crippen molar-refractivity contribution in [3.05, 3.63) is 28.8 Å². The molecule has 0 heterocycles. The lowest BCUT2D eigenvalue weighted by Crippen LogP contribution is -2.17. The maximum Gasteiger partial charge on any atom is 0.128 e. The summed E-state index contributed by atoms with van der Waals surface area (Å²) in [4.78, 5) is 4.42. The summed E-state index contributed by atoms with van der Waals surface area (Å²) >= 11 is 0. The number of benzene rings is 1. The minimum atomic E-state index is -0.107. The molecule has 1 rings (SSSR count). The van der Waals surface area contributed by atoms with E-state index in [-0.39, 0.29) is 10.8 Å². The third-order valence-electron chi connectivity index (χ3n) is 3.68. The second-order valence-corrected chi connectivity index (χ2v) is 7.84. The first-order valence-corrected chi connectivity index (χ1v) is 7.94. The standard InChI is InChI=1S/C19H31NO2/c1-18(2,3)15-11-14(13-20-9-8-10-22-7)17(21)16(12-15)19(4,5)6/h11-13,21H,8-10H2,1-7H3. The van der Waals surface area contributed by atoms with Crippen LogP contribution in [0.5, 0.6) is 5.75 Å². The average Bonchev–Trinajstić information content (AvgIpc) is 2.37. The van der Waals surface area contributed by atoms with E-state index in [4.69, 9.17) is 4.74 Å². The molecule has 0 fully saturated rings. The van der Waals surface area contributed by atoms with E-state index in [1.807, 2.05) is 6.07 Å². The Kier molecular flexibility index (Phi) is 6.18. The van der Waals surface area contributed by atoms with Gasteiger partial charge >= 0.3 is 0 Å². The molecular formula is C19H31NO2. The van der Waals surface area contributed by atoms with Crippen LogP contribution in [0.4, 0.5) is 0 Å². The van der Waals surface area contributed by atoms with Gasteiger partial charge in [0.25, 0.3) is 0 Å². The van der Waals surface area contributed by atoms with E-state index in [1.54, 1.807) is 13.3 Å². The van der Waals surface area contributed by atoms with E-state index in [9.17, 15) is 5.11 Å². The summed E-state index contributed by atoms with van der Waals surface area (Å²) < 4.78 is 5.02. The van der Waals surface area contributed by atoms with Crippen LogP contribution in [-0.4, -0.2) is 31.6 Å². The third kappa shape index (κ3) is 5.13. The fraction of sp³-hybridized carbons (Fsp3) is 0.632. The zero-order valence-electron chi connectivity index (χ0n) is 15.2. The highest BCUT2D eigenvalue weighted by atomic mass is 16.5. The van der Waals surface area contributed by atoms with Gasteiger partial charge in [0.05, 0.1) is 0 Å². The summed E-state index contributed by atoms with van der Waals surface area (Å²) in [6.07, 6.45) is 2.67. The maximum atomic E-state index is 10.6. The molecule has 0 aliphatic rings. The first-order chi connectivity index (χ1) is 10.1. The van der Waals surface area contributed by atoms with Gasteiger partial charge in [-0.1, -0.05) is 47.6 Å². The van der Waals surface area contributed by atoms with Crippen LogP contribution in [0.2, 0.25) is 0 Å². The quantitative estimate of drug-likeness (QED) is 0.645. The van der Waals surface area contributed by atoms with Crippen molar-refractivity contribution >= 4 is 6.21 Å². The third-order valence-corrected chi connectivity index (χ3v) is 3.68. The van der Waals surface area contributed by atoms with Crippen LogP contribution < -0.4 is 0 Å². The Balaban J connectivity index is 3.20. The molecule has 0 bridgehead atoms. The molecule has 1 aromatic rings. The largest absolute Gasteiger partial charge is 0.507 e. The van der Waals surface area contributed by atoms with Gasteiger partial charge in [0, 0.05) is 37.6 Å². The van der Waals surface area contributed by atoms with Crippen LogP contribution in [0.1, 0.15) is 64.7 Å². The van der Waals surface area contributed by atoms with Gasteiger partial charge in [0.1, 0.15) is 5.75 Å². The minimum absolute atomic E-state index is 0.0341. The molecule has 3 nitrogen and oxygen atoms in total. The fourth-order valence-corrected chi connectivity index (χ4v) is 2.22. The fourth-order valence-electron chi connectivity index (χ4n) is 2.22. The van der Waals surface area contributed by atoms with Crippen LogP contribution in [0.15, 0.2) is 17.1 Å². The molecule has 1 aromatic carbocycles. The van der Waals surface area contributed by atoms with Crippen molar-refractivity contribution in [2.24, 2.45) is 4.99 Å². The Morgan fingerprint density at radius 3 is 2.23 bits per heavy atom. The molecular weight excluding hydrogens is 274 g/mol. The molecule has 0 aliphatic heterocycles. The highest BCUT2D eigenvalue weighted by Gasteiger charge is 2.24. The average molecular weight is 305 g/mol. The van der Waals surface area contributed by atoms with Gasteiger partial charge in [-0.3, -0.25) is 4.99 Å². The molecule has 0 aromatic heterocycles. The van der Waals surface area contributed by atoms with Gasteiger partial charge in [-0.15, -0.1) is 0 Å². The van der Waals surface area contributed by atoms with E-state index in [1.165, 1.54) is 5.56 Å². The van der Waals surface area contributed by atoms with Crippen molar-refractivity contribution in [2.45, 2.75) is 58.8 Å². The van der Waals surface area contributed by atoms with Crippen LogP contribution in [0.3, 0.4) is 0 Å². The number of hydrogen-bond donors (Lipinski definition) is 1. The summed E-state index contributed by atoms with van der Waals surface area (Å²) in [7, 11) is 1.69. The SMILES string of the molecule is COCCCN=Cc1cc(C(C)(C)C)cc(C(C)(C)C)c1O. The lowest BCUT2D eigenvalue weighted by Gasteiger charge is -2.27. The highest BCUT2D eigenvalue weighted by molar-refractivity contribution is 5.85. The lowest BCUT2D eigenvalue weighted by atomic mass is 9.79.